The van der Waals surface area contributed by atoms with Gasteiger partial charge in [-0.25, -0.2) is 9.59 Å². The van der Waals surface area contributed by atoms with Crippen molar-refractivity contribution < 1.29 is 19.8 Å². The topological polar surface area (TPSA) is 74.6 Å². The molecule has 0 aliphatic rings. The van der Waals surface area contributed by atoms with Crippen molar-refractivity contribution in [3.63, 3.8) is 0 Å². The van der Waals surface area contributed by atoms with Gasteiger partial charge in [-0.05, 0) is 58.6 Å². The van der Waals surface area contributed by atoms with Crippen LogP contribution in [0.4, 0.5) is 0 Å². The average molecular weight is 399 g/mol. The molecular formula is C25H34O4. The summed E-state index contributed by atoms with van der Waals surface area (Å²) in [4.78, 5) is 21.5. The Hall–Kier alpha value is -2.62. The zero-order valence-corrected chi connectivity index (χ0v) is 18.6. The zero-order chi connectivity index (χ0) is 22.4. The molecule has 0 fully saturated rings. The highest BCUT2D eigenvalue weighted by Crippen LogP contribution is 2.34. The fourth-order valence-corrected chi connectivity index (χ4v) is 2.87. The van der Waals surface area contributed by atoms with E-state index >= 15 is 0 Å². The van der Waals surface area contributed by atoms with Gasteiger partial charge in [0.05, 0.1) is 11.1 Å². The van der Waals surface area contributed by atoms with Gasteiger partial charge in [0.2, 0.25) is 0 Å². The summed E-state index contributed by atoms with van der Waals surface area (Å²) in [6.45, 7) is 15.0. The second-order valence-corrected chi connectivity index (χ2v) is 9.76. The first kappa shape index (κ1) is 24.4. The molecule has 0 aliphatic heterocycles. The number of rotatable bonds is 4. The Morgan fingerprint density at radius 2 is 1.31 bits per heavy atom. The second kappa shape index (κ2) is 9.73. The molecule has 2 rings (SSSR count). The molecule has 0 saturated carbocycles. The zero-order valence-electron chi connectivity index (χ0n) is 18.6. The first-order valence-electron chi connectivity index (χ1n) is 9.86. The highest BCUT2D eigenvalue weighted by atomic mass is 16.4. The van der Waals surface area contributed by atoms with Crippen LogP contribution < -0.4 is 0 Å². The van der Waals surface area contributed by atoms with Crippen molar-refractivity contribution in [2.45, 2.75) is 60.8 Å². The Labute approximate surface area is 174 Å². The number of hydrogen-bond acceptors (Lipinski definition) is 2. The van der Waals surface area contributed by atoms with E-state index in [9.17, 15) is 9.59 Å². The third-order valence-electron chi connectivity index (χ3n) is 4.84. The van der Waals surface area contributed by atoms with Gasteiger partial charge in [0.15, 0.2) is 0 Å². The normalized spacial score (nSPS) is 12.5. The fourth-order valence-electron chi connectivity index (χ4n) is 2.87. The molecule has 29 heavy (non-hydrogen) atoms. The van der Waals surface area contributed by atoms with Crippen molar-refractivity contribution in [3.8, 4) is 0 Å². The summed E-state index contributed by atoms with van der Waals surface area (Å²) in [7, 11) is 0. The van der Waals surface area contributed by atoms with Crippen LogP contribution in [0.3, 0.4) is 0 Å². The summed E-state index contributed by atoms with van der Waals surface area (Å²) in [5.74, 6) is -1.38. The lowest BCUT2D eigenvalue weighted by Crippen LogP contribution is -2.15. The number of hydrogen-bond donors (Lipinski definition) is 2. The number of carboxylic acids is 2. The van der Waals surface area contributed by atoms with E-state index in [4.69, 9.17) is 10.2 Å². The molecule has 1 atom stereocenters. The quantitative estimate of drug-likeness (QED) is 0.616. The van der Waals surface area contributed by atoms with Gasteiger partial charge in [-0.2, -0.15) is 0 Å². The number of aromatic carboxylic acids is 2. The first-order chi connectivity index (χ1) is 13.2. The summed E-state index contributed by atoms with van der Waals surface area (Å²) < 4.78 is 0. The molecule has 0 amide bonds. The summed E-state index contributed by atoms with van der Waals surface area (Å²) in [6.07, 6.45) is 0.897. The minimum atomic E-state index is -0.863. The van der Waals surface area contributed by atoms with E-state index in [1.807, 2.05) is 12.1 Å². The summed E-state index contributed by atoms with van der Waals surface area (Å²) >= 11 is 0. The molecule has 4 heteroatoms. The van der Waals surface area contributed by atoms with Crippen LogP contribution in [0.2, 0.25) is 0 Å². The predicted octanol–water partition coefficient (Wildman–Crippen LogP) is 6.51. The maximum Gasteiger partial charge on any atom is 0.335 e. The van der Waals surface area contributed by atoms with Crippen molar-refractivity contribution in [3.05, 3.63) is 70.8 Å². The third kappa shape index (κ3) is 8.51. The van der Waals surface area contributed by atoms with E-state index in [-0.39, 0.29) is 10.8 Å². The smallest absolute Gasteiger partial charge is 0.335 e. The number of carbonyl (C=O) groups is 2. The van der Waals surface area contributed by atoms with Crippen molar-refractivity contribution in [1.29, 1.82) is 0 Å². The lowest BCUT2D eigenvalue weighted by molar-refractivity contribution is 0.0686. The monoisotopic (exact) mass is 398 g/mol. The molecule has 2 aromatic rings. The lowest BCUT2D eigenvalue weighted by Gasteiger charge is -2.27. The SMILES string of the molecule is CC(C)(C)Cc1cccc(C(=O)O)c1.CC(c1cccc(C(=O)O)c1)C(C)(C)C. The molecule has 2 aromatic carbocycles. The van der Waals surface area contributed by atoms with Gasteiger partial charge in [-0.1, -0.05) is 72.7 Å². The summed E-state index contributed by atoms with van der Waals surface area (Å²) in [5.41, 5.74) is 3.24. The molecule has 1 unspecified atom stereocenters. The molecule has 0 spiro atoms. The van der Waals surface area contributed by atoms with Crippen molar-refractivity contribution >= 4 is 11.9 Å². The first-order valence-corrected chi connectivity index (χ1v) is 9.86. The Morgan fingerprint density at radius 3 is 1.76 bits per heavy atom. The highest BCUT2D eigenvalue weighted by Gasteiger charge is 2.22. The van der Waals surface area contributed by atoms with Crippen LogP contribution in [-0.4, -0.2) is 22.2 Å². The van der Waals surface area contributed by atoms with Crippen LogP contribution in [0, 0.1) is 10.8 Å². The van der Waals surface area contributed by atoms with Gasteiger partial charge < -0.3 is 10.2 Å². The Bertz CT molecular complexity index is 838. The van der Waals surface area contributed by atoms with Crippen LogP contribution in [0.25, 0.3) is 0 Å². The standard InChI is InChI=1S/C13H18O2.C12H16O2/c1-9(13(2,3)4)10-6-5-7-11(8-10)12(14)15;1-12(2,3)8-9-5-4-6-10(7-9)11(13)14/h5-9H,1-4H3,(H,14,15);4-7H,8H2,1-3H3,(H,13,14). The average Bonchev–Trinajstić information content (AvgIpc) is 2.59. The fraction of sp³-hybridized carbons (Fsp3) is 0.440. The maximum absolute atomic E-state index is 10.8. The van der Waals surface area contributed by atoms with Crippen molar-refractivity contribution in [1.82, 2.24) is 0 Å². The van der Waals surface area contributed by atoms with Gasteiger partial charge in [-0.15, -0.1) is 0 Å². The predicted molar refractivity (Wildman–Crippen MR) is 118 cm³/mol. The minimum absolute atomic E-state index is 0.150. The Kier molecular flexibility index (Phi) is 8.19. The van der Waals surface area contributed by atoms with E-state index in [0.717, 1.165) is 17.5 Å². The Balaban J connectivity index is 0.000000291. The molecule has 0 radical (unpaired) electrons. The molecule has 4 nitrogen and oxygen atoms in total. The molecule has 2 N–H and O–H groups in total. The van der Waals surface area contributed by atoms with Gasteiger partial charge in [0.1, 0.15) is 0 Å². The number of benzene rings is 2. The largest absolute Gasteiger partial charge is 0.478 e. The number of carboxylic acid groups (broad SMARTS) is 2. The van der Waals surface area contributed by atoms with Crippen molar-refractivity contribution in [2.75, 3.05) is 0 Å². The van der Waals surface area contributed by atoms with Gasteiger partial charge in [-0.3, -0.25) is 0 Å². The lowest BCUT2D eigenvalue weighted by atomic mass is 9.77. The molecule has 0 aliphatic carbocycles. The van der Waals surface area contributed by atoms with E-state index in [1.54, 1.807) is 36.4 Å². The molecule has 0 bridgehead atoms. The van der Waals surface area contributed by atoms with Crippen molar-refractivity contribution in [2.24, 2.45) is 10.8 Å². The third-order valence-corrected chi connectivity index (χ3v) is 4.84. The van der Waals surface area contributed by atoms with Crippen LogP contribution in [0.1, 0.15) is 86.2 Å². The van der Waals surface area contributed by atoms with Crippen LogP contribution in [0.15, 0.2) is 48.5 Å². The maximum atomic E-state index is 10.8. The second-order valence-electron chi connectivity index (χ2n) is 9.76. The van der Waals surface area contributed by atoms with Gasteiger partial charge in [0, 0.05) is 0 Å². The van der Waals surface area contributed by atoms with Crippen LogP contribution >= 0.6 is 0 Å². The van der Waals surface area contributed by atoms with Crippen LogP contribution in [0.5, 0.6) is 0 Å². The minimum Gasteiger partial charge on any atom is -0.478 e. The van der Waals surface area contributed by atoms with E-state index in [1.165, 1.54) is 0 Å². The summed E-state index contributed by atoms with van der Waals surface area (Å²) in [6, 6.07) is 14.3. The van der Waals surface area contributed by atoms with Crippen LogP contribution in [-0.2, 0) is 6.42 Å². The molecule has 158 valence electrons. The molecular weight excluding hydrogens is 364 g/mol. The molecule has 0 heterocycles. The van der Waals surface area contributed by atoms with Gasteiger partial charge in [0.25, 0.3) is 0 Å². The van der Waals surface area contributed by atoms with E-state index in [0.29, 0.717) is 17.0 Å². The molecule has 0 saturated heterocycles. The Morgan fingerprint density at radius 1 is 0.828 bits per heavy atom. The highest BCUT2D eigenvalue weighted by molar-refractivity contribution is 5.88. The van der Waals surface area contributed by atoms with Gasteiger partial charge >= 0.3 is 11.9 Å². The summed E-state index contributed by atoms with van der Waals surface area (Å²) in [5, 5.41) is 17.7. The van der Waals surface area contributed by atoms with E-state index in [2.05, 4.69) is 48.5 Å². The molecule has 0 aromatic heterocycles. The van der Waals surface area contributed by atoms with E-state index < -0.39 is 11.9 Å².